The van der Waals surface area contributed by atoms with Gasteiger partial charge in [0.15, 0.2) is 0 Å². The fourth-order valence-electron chi connectivity index (χ4n) is 1.59. The van der Waals surface area contributed by atoms with Crippen LogP contribution in [-0.2, 0) is 11.3 Å². The number of hydrogen-bond acceptors (Lipinski definition) is 4. The zero-order valence-corrected chi connectivity index (χ0v) is 10.9. The van der Waals surface area contributed by atoms with Crippen LogP contribution >= 0.6 is 0 Å². The van der Waals surface area contributed by atoms with E-state index in [1.54, 1.807) is 17.1 Å². The molecule has 1 aromatic rings. The normalized spacial score (nSPS) is 10.2. The average molecular weight is 269 g/mol. The standard InChI is InChI=1S/C11H19N5O3/c1-2-6-15(9-10(17)18)11(19)12-4-3-7-16-8-5-13-14-16/h5,8H,2-4,6-7,9H2,1H3,(H,12,19)(H,17,18). The van der Waals surface area contributed by atoms with Crippen LogP contribution in [0.25, 0.3) is 0 Å². The maximum absolute atomic E-state index is 11.7. The summed E-state index contributed by atoms with van der Waals surface area (Å²) in [7, 11) is 0. The first kappa shape index (κ1) is 14.9. The number of carbonyl (C=O) groups excluding carboxylic acids is 1. The molecule has 1 aromatic heterocycles. The highest BCUT2D eigenvalue weighted by atomic mass is 16.4. The van der Waals surface area contributed by atoms with Crippen LogP contribution in [0.1, 0.15) is 19.8 Å². The molecule has 2 amide bonds. The Hall–Kier alpha value is -2.12. The molecule has 0 saturated carbocycles. The molecule has 0 spiro atoms. The smallest absolute Gasteiger partial charge is 0.323 e. The highest BCUT2D eigenvalue weighted by molar-refractivity contribution is 5.80. The number of amides is 2. The van der Waals surface area contributed by atoms with Gasteiger partial charge in [0.25, 0.3) is 0 Å². The van der Waals surface area contributed by atoms with Crippen LogP contribution in [0.5, 0.6) is 0 Å². The summed E-state index contributed by atoms with van der Waals surface area (Å²) in [5, 5.41) is 18.9. The summed E-state index contributed by atoms with van der Waals surface area (Å²) in [4.78, 5) is 23.7. The van der Waals surface area contributed by atoms with E-state index >= 15 is 0 Å². The molecule has 8 nitrogen and oxygen atoms in total. The largest absolute Gasteiger partial charge is 0.480 e. The fraction of sp³-hybridized carbons (Fsp3) is 0.636. The Morgan fingerprint density at radius 3 is 2.84 bits per heavy atom. The van der Waals surface area contributed by atoms with E-state index in [4.69, 9.17) is 5.11 Å². The summed E-state index contributed by atoms with van der Waals surface area (Å²) < 4.78 is 1.67. The first-order valence-electron chi connectivity index (χ1n) is 6.22. The molecular weight excluding hydrogens is 250 g/mol. The molecule has 0 atom stereocenters. The Balaban J connectivity index is 2.25. The quantitative estimate of drug-likeness (QED) is 0.655. The SMILES string of the molecule is CCCN(CC(=O)O)C(=O)NCCCn1ccnn1. The van der Waals surface area contributed by atoms with Crippen LogP contribution in [0.3, 0.4) is 0 Å². The van der Waals surface area contributed by atoms with Gasteiger partial charge in [0.1, 0.15) is 6.54 Å². The van der Waals surface area contributed by atoms with Crippen molar-refractivity contribution in [1.82, 2.24) is 25.2 Å². The van der Waals surface area contributed by atoms with Crippen molar-refractivity contribution in [3.05, 3.63) is 12.4 Å². The van der Waals surface area contributed by atoms with Crippen molar-refractivity contribution in [3.63, 3.8) is 0 Å². The molecule has 0 fully saturated rings. The number of carboxylic acid groups (broad SMARTS) is 1. The molecule has 106 valence electrons. The van der Waals surface area contributed by atoms with Crippen LogP contribution < -0.4 is 5.32 Å². The zero-order valence-electron chi connectivity index (χ0n) is 10.9. The summed E-state index contributed by atoms with van der Waals surface area (Å²) in [6, 6.07) is -0.345. The number of carbonyl (C=O) groups is 2. The van der Waals surface area contributed by atoms with Crippen molar-refractivity contribution >= 4 is 12.0 Å². The Bertz CT molecular complexity index is 393. The minimum atomic E-state index is -1.01. The van der Waals surface area contributed by atoms with Crippen molar-refractivity contribution in [2.75, 3.05) is 19.6 Å². The van der Waals surface area contributed by atoms with E-state index in [1.165, 1.54) is 4.90 Å². The third kappa shape index (κ3) is 5.84. The van der Waals surface area contributed by atoms with Crippen molar-refractivity contribution in [1.29, 1.82) is 0 Å². The van der Waals surface area contributed by atoms with Crippen molar-refractivity contribution in [3.8, 4) is 0 Å². The number of hydrogen-bond donors (Lipinski definition) is 2. The molecule has 8 heteroatoms. The molecule has 0 saturated heterocycles. The van der Waals surface area contributed by atoms with Gasteiger partial charge in [-0.25, -0.2) is 4.79 Å². The second-order valence-corrected chi connectivity index (χ2v) is 4.07. The van der Waals surface area contributed by atoms with E-state index in [1.807, 2.05) is 6.92 Å². The van der Waals surface area contributed by atoms with Gasteiger partial charge in [-0.15, -0.1) is 5.10 Å². The molecule has 0 aliphatic carbocycles. The summed E-state index contributed by atoms with van der Waals surface area (Å²) in [5.41, 5.74) is 0. The van der Waals surface area contributed by atoms with Gasteiger partial charge >= 0.3 is 12.0 Å². The van der Waals surface area contributed by atoms with Crippen LogP contribution in [0, 0.1) is 0 Å². The number of rotatable bonds is 8. The number of carboxylic acids is 1. The van der Waals surface area contributed by atoms with Crippen molar-refractivity contribution < 1.29 is 14.7 Å². The summed E-state index contributed by atoms with van der Waals surface area (Å²) >= 11 is 0. The maximum Gasteiger partial charge on any atom is 0.323 e. The fourth-order valence-corrected chi connectivity index (χ4v) is 1.59. The van der Waals surface area contributed by atoms with Gasteiger partial charge in [-0.05, 0) is 12.8 Å². The molecule has 19 heavy (non-hydrogen) atoms. The van der Waals surface area contributed by atoms with E-state index < -0.39 is 5.97 Å². The molecule has 0 aliphatic rings. The topological polar surface area (TPSA) is 100 Å². The van der Waals surface area contributed by atoms with E-state index in [9.17, 15) is 9.59 Å². The Labute approximate surface area is 111 Å². The molecule has 0 radical (unpaired) electrons. The number of aliphatic carboxylic acids is 1. The molecule has 0 aromatic carbocycles. The average Bonchev–Trinajstić information content (AvgIpc) is 2.86. The van der Waals surface area contributed by atoms with E-state index in [0.717, 1.165) is 6.42 Å². The van der Waals surface area contributed by atoms with Crippen LogP contribution in [0.15, 0.2) is 12.4 Å². The summed E-state index contributed by atoms with van der Waals surface area (Å²) in [6.07, 6.45) is 4.77. The first-order valence-corrected chi connectivity index (χ1v) is 6.22. The van der Waals surface area contributed by atoms with Crippen LogP contribution in [0.2, 0.25) is 0 Å². The molecule has 0 unspecified atom stereocenters. The Kier molecular flexibility index (Phi) is 6.34. The molecular formula is C11H19N5O3. The maximum atomic E-state index is 11.7. The Morgan fingerprint density at radius 2 is 2.26 bits per heavy atom. The highest BCUT2D eigenvalue weighted by Crippen LogP contribution is 1.93. The van der Waals surface area contributed by atoms with Gasteiger partial charge in [0.05, 0.1) is 6.20 Å². The van der Waals surface area contributed by atoms with E-state index in [0.29, 0.717) is 26.1 Å². The molecule has 0 aliphatic heterocycles. The highest BCUT2D eigenvalue weighted by Gasteiger charge is 2.14. The van der Waals surface area contributed by atoms with Gasteiger partial charge in [0, 0.05) is 25.8 Å². The second kappa shape index (κ2) is 8.06. The van der Waals surface area contributed by atoms with Crippen molar-refractivity contribution in [2.45, 2.75) is 26.3 Å². The van der Waals surface area contributed by atoms with Gasteiger partial charge in [-0.2, -0.15) is 0 Å². The van der Waals surface area contributed by atoms with Crippen molar-refractivity contribution in [2.24, 2.45) is 0 Å². The van der Waals surface area contributed by atoms with Gasteiger partial charge < -0.3 is 15.3 Å². The lowest BCUT2D eigenvalue weighted by molar-refractivity contribution is -0.137. The molecule has 2 N–H and O–H groups in total. The molecule has 1 rings (SSSR count). The minimum absolute atomic E-state index is 0.275. The number of urea groups is 1. The lowest BCUT2D eigenvalue weighted by Gasteiger charge is -2.20. The number of nitrogens with one attached hydrogen (secondary N) is 1. The first-order chi connectivity index (χ1) is 9.13. The lowest BCUT2D eigenvalue weighted by atomic mass is 10.4. The van der Waals surface area contributed by atoms with E-state index in [-0.39, 0.29) is 12.6 Å². The molecule has 0 bridgehead atoms. The minimum Gasteiger partial charge on any atom is -0.480 e. The van der Waals surface area contributed by atoms with E-state index in [2.05, 4.69) is 15.6 Å². The molecule has 1 heterocycles. The third-order valence-corrected chi connectivity index (χ3v) is 2.42. The van der Waals surface area contributed by atoms with Gasteiger partial charge in [0.2, 0.25) is 0 Å². The van der Waals surface area contributed by atoms with Gasteiger partial charge in [-0.3, -0.25) is 9.48 Å². The summed E-state index contributed by atoms with van der Waals surface area (Å²) in [5.74, 6) is -1.01. The third-order valence-electron chi connectivity index (χ3n) is 2.42. The Morgan fingerprint density at radius 1 is 1.47 bits per heavy atom. The predicted octanol–water partition coefficient (Wildman–Crippen LogP) is 0.174. The number of nitrogens with zero attached hydrogens (tertiary/aromatic N) is 4. The van der Waals surface area contributed by atoms with Crippen LogP contribution in [0.4, 0.5) is 4.79 Å². The van der Waals surface area contributed by atoms with Gasteiger partial charge in [-0.1, -0.05) is 12.1 Å². The number of aromatic nitrogens is 3. The number of aryl methyl sites for hydroxylation is 1. The summed E-state index contributed by atoms with van der Waals surface area (Å²) in [6.45, 7) is 3.18. The monoisotopic (exact) mass is 269 g/mol. The zero-order chi connectivity index (χ0) is 14.1. The van der Waals surface area contributed by atoms with Crippen LogP contribution in [-0.4, -0.2) is 56.6 Å². The predicted molar refractivity (Wildman–Crippen MR) is 67.5 cm³/mol. The lowest BCUT2D eigenvalue weighted by Crippen LogP contribution is -2.43. The second-order valence-electron chi connectivity index (χ2n) is 4.07.